The number of anilines is 1. The van der Waals surface area contributed by atoms with Crippen molar-refractivity contribution in [3.05, 3.63) is 81.8 Å². The third-order valence-corrected chi connectivity index (χ3v) is 5.19. The molecule has 3 aromatic rings. The van der Waals surface area contributed by atoms with Crippen LogP contribution in [0.5, 0.6) is 0 Å². The van der Waals surface area contributed by atoms with E-state index in [4.69, 9.17) is 0 Å². The fraction of sp³-hybridized carbons (Fsp3) is 0.136. The van der Waals surface area contributed by atoms with Crippen molar-refractivity contribution in [3.8, 4) is 16.8 Å². The third kappa shape index (κ3) is 3.73. The number of amides is 2. The highest BCUT2D eigenvalue weighted by Crippen LogP contribution is 2.33. The smallest absolute Gasteiger partial charge is 0.358 e. The SMILES string of the molecule is C=CC(=O)Nc1cc(-n2cc(-c3ccc4c(c3)CCNC4=O)c([N+](=O)[O-])n2)c(F)cc1C. The third-order valence-electron chi connectivity index (χ3n) is 5.19. The molecule has 0 atom stereocenters. The van der Waals surface area contributed by atoms with Crippen LogP contribution in [0.15, 0.2) is 49.2 Å². The molecule has 9 nitrogen and oxygen atoms in total. The standard InChI is InChI=1S/C22H18FN5O4/c1-3-20(29)25-18-10-19(17(23)8-12(18)2)27-11-16(21(26-27)28(31)32)13-4-5-15-14(9-13)6-7-24-22(15)30/h3-5,8-11H,1,6-7H2,2H3,(H,24,30)(H,25,29). The molecule has 2 heterocycles. The van der Waals surface area contributed by atoms with Crippen molar-refractivity contribution in [1.82, 2.24) is 15.1 Å². The Morgan fingerprint density at radius 3 is 2.84 bits per heavy atom. The van der Waals surface area contributed by atoms with E-state index in [9.17, 15) is 24.1 Å². The number of nitrogens with zero attached hydrogens (tertiary/aromatic N) is 3. The van der Waals surface area contributed by atoms with E-state index in [1.54, 1.807) is 25.1 Å². The topological polar surface area (TPSA) is 119 Å². The Balaban J connectivity index is 1.82. The van der Waals surface area contributed by atoms with Gasteiger partial charge in [-0.1, -0.05) is 12.6 Å². The number of aromatic nitrogens is 2. The Labute approximate surface area is 181 Å². The number of hydrogen-bond donors (Lipinski definition) is 2. The summed E-state index contributed by atoms with van der Waals surface area (Å²) in [5.41, 5.74) is 2.68. The molecule has 2 amide bonds. The zero-order chi connectivity index (χ0) is 23.0. The van der Waals surface area contributed by atoms with Crippen LogP contribution < -0.4 is 10.6 Å². The van der Waals surface area contributed by atoms with Gasteiger partial charge >= 0.3 is 5.82 Å². The second-order valence-electron chi connectivity index (χ2n) is 7.26. The van der Waals surface area contributed by atoms with Crippen LogP contribution in [-0.4, -0.2) is 33.1 Å². The van der Waals surface area contributed by atoms with E-state index in [1.165, 1.54) is 18.3 Å². The summed E-state index contributed by atoms with van der Waals surface area (Å²) in [6.07, 6.45) is 3.03. The maximum atomic E-state index is 14.7. The second kappa shape index (κ2) is 8.06. The van der Waals surface area contributed by atoms with Crippen LogP contribution in [0.25, 0.3) is 16.8 Å². The number of hydrogen-bond acceptors (Lipinski definition) is 5. The molecule has 0 saturated carbocycles. The molecule has 0 saturated heterocycles. The van der Waals surface area contributed by atoms with Gasteiger partial charge in [0, 0.05) is 17.8 Å². The van der Waals surface area contributed by atoms with Crippen molar-refractivity contribution in [2.75, 3.05) is 11.9 Å². The average Bonchev–Trinajstić information content (AvgIpc) is 3.21. The van der Waals surface area contributed by atoms with Gasteiger partial charge in [0.1, 0.15) is 11.3 Å². The average molecular weight is 435 g/mol. The molecule has 0 fully saturated rings. The van der Waals surface area contributed by atoms with Gasteiger partial charge in [-0.25, -0.2) is 4.39 Å². The van der Waals surface area contributed by atoms with Crippen LogP contribution >= 0.6 is 0 Å². The minimum absolute atomic E-state index is 0.0679. The van der Waals surface area contributed by atoms with Crippen molar-refractivity contribution in [3.63, 3.8) is 0 Å². The summed E-state index contributed by atoms with van der Waals surface area (Å²) in [5.74, 6) is -1.79. The fourth-order valence-corrected chi connectivity index (χ4v) is 3.58. The molecule has 1 aliphatic rings. The van der Waals surface area contributed by atoms with Gasteiger partial charge in [0.2, 0.25) is 5.91 Å². The number of aryl methyl sites for hydroxylation is 1. The Kier molecular flexibility index (Phi) is 5.27. The molecule has 10 heteroatoms. The molecule has 0 aliphatic carbocycles. The van der Waals surface area contributed by atoms with Crippen LogP contribution in [0.2, 0.25) is 0 Å². The van der Waals surface area contributed by atoms with E-state index in [2.05, 4.69) is 22.3 Å². The number of carbonyl (C=O) groups excluding carboxylic acids is 2. The highest BCUT2D eigenvalue weighted by atomic mass is 19.1. The van der Waals surface area contributed by atoms with E-state index in [1.807, 2.05) is 0 Å². The number of nitro groups is 1. The largest absolute Gasteiger partial charge is 0.398 e. The summed E-state index contributed by atoms with van der Waals surface area (Å²) in [5, 5.41) is 21.0. The van der Waals surface area contributed by atoms with Crippen LogP contribution in [0.1, 0.15) is 21.5 Å². The minimum atomic E-state index is -0.662. The summed E-state index contributed by atoms with van der Waals surface area (Å²) < 4.78 is 15.8. The normalized spacial score (nSPS) is 12.6. The van der Waals surface area contributed by atoms with Gasteiger partial charge in [-0.05, 0) is 65.3 Å². The number of fused-ring (bicyclic) bond motifs is 1. The molecular formula is C22H18FN5O4. The molecule has 0 bridgehead atoms. The molecule has 0 radical (unpaired) electrons. The van der Waals surface area contributed by atoms with Crippen LogP contribution in [0.3, 0.4) is 0 Å². The van der Waals surface area contributed by atoms with Gasteiger partial charge in [0.15, 0.2) is 5.82 Å². The summed E-state index contributed by atoms with van der Waals surface area (Å²) in [6.45, 7) is 5.48. The molecule has 2 N–H and O–H groups in total. The first kappa shape index (κ1) is 20.9. The van der Waals surface area contributed by atoms with E-state index in [-0.39, 0.29) is 17.2 Å². The fourth-order valence-electron chi connectivity index (χ4n) is 3.58. The molecular weight excluding hydrogens is 417 g/mol. The zero-order valence-corrected chi connectivity index (χ0v) is 17.0. The lowest BCUT2D eigenvalue weighted by atomic mass is 9.96. The van der Waals surface area contributed by atoms with E-state index >= 15 is 0 Å². The Hall–Kier alpha value is -4.34. The molecule has 1 aromatic heterocycles. The van der Waals surface area contributed by atoms with Crippen LogP contribution in [-0.2, 0) is 11.2 Å². The van der Waals surface area contributed by atoms with Gasteiger partial charge in [-0.2, -0.15) is 0 Å². The maximum Gasteiger partial charge on any atom is 0.398 e. The summed E-state index contributed by atoms with van der Waals surface area (Å²) >= 11 is 0. The molecule has 32 heavy (non-hydrogen) atoms. The van der Waals surface area contributed by atoms with Crippen molar-refractivity contribution >= 4 is 23.3 Å². The van der Waals surface area contributed by atoms with Gasteiger partial charge in [-0.3, -0.25) is 9.59 Å². The monoisotopic (exact) mass is 435 g/mol. The Morgan fingerprint density at radius 1 is 1.34 bits per heavy atom. The molecule has 2 aromatic carbocycles. The molecule has 1 aliphatic heterocycles. The predicted molar refractivity (Wildman–Crippen MR) is 115 cm³/mol. The summed E-state index contributed by atoms with van der Waals surface area (Å²) in [6, 6.07) is 7.47. The molecule has 0 spiro atoms. The van der Waals surface area contributed by atoms with Gasteiger partial charge in [0.25, 0.3) is 5.91 Å². The number of benzene rings is 2. The minimum Gasteiger partial charge on any atom is -0.358 e. The maximum absolute atomic E-state index is 14.7. The number of nitrogens with one attached hydrogen (secondary N) is 2. The lowest BCUT2D eigenvalue weighted by Gasteiger charge is -2.16. The highest BCUT2D eigenvalue weighted by molar-refractivity contribution is 5.99. The zero-order valence-electron chi connectivity index (χ0n) is 17.0. The number of rotatable bonds is 5. The van der Waals surface area contributed by atoms with E-state index in [0.717, 1.165) is 16.3 Å². The van der Waals surface area contributed by atoms with Gasteiger partial charge < -0.3 is 20.7 Å². The first-order chi connectivity index (χ1) is 15.3. The second-order valence-corrected chi connectivity index (χ2v) is 7.26. The molecule has 4 rings (SSSR count). The number of carbonyl (C=O) groups is 2. The van der Waals surface area contributed by atoms with Crippen molar-refractivity contribution in [2.24, 2.45) is 0 Å². The van der Waals surface area contributed by atoms with Crippen molar-refractivity contribution < 1.29 is 18.9 Å². The Morgan fingerprint density at radius 2 is 2.12 bits per heavy atom. The van der Waals surface area contributed by atoms with Gasteiger partial charge in [0.05, 0.1) is 11.3 Å². The van der Waals surface area contributed by atoms with E-state index in [0.29, 0.717) is 35.3 Å². The van der Waals surface area contributed by atoms with Crippen molar-refractivity contribution in [1.29, 1.82) is 0 Å². The summed E-state index contributed by atoms with van der Waals surface area (Å²) in [4.78, 5) is 34.7. The van der Waals surface area contributed by atoms with Crippen molar-refractivity contribution in [2.45, 2.75) is 13.3 Å². The van der Waals surface area contributed by atoms with E-state index < -0.39 is 22.5 Å². The summed E-state index contributed by atoms with van der Waals surface area (Å²) in [7, 11) is 0. The van der Waals surface area contributed by atoms with Crippen LogP contribution in [0, 0.1) is 22.9 Å². The first-order valence-electron chi connectivity index (χ1n) is 9.68. The van der Waals surface area contributed by atoms with Gasteiger partial charge in [-0.15, -0.1) is 4.68 Å². The van der Waals surface area contributed by atoms with Crippen LogP contribution in [0.4, 0.5) is 15.9 Å². The highest BCUT2D eigenvalue weighted by Gasteiger charge is 2.26. The quantitative estimate of drug-likeness (QED) is 0.362. The molecule has 162 valence electrons. The lowest BCUT2D eigenvalue weighted by molar-refractivity contribution is -0.389. The number of halogens is 1. The molecule has 0 unspecified atom stereocenters. The lowest BCUT2D eigenvalue weighted by Crippen LogP contribution is -2.31. The predicted octanol–water partition coefficient (Wildman–Crippen LogP) is 3.31. The first-order valence-corrected chi connectivity index (χ1v) is 9.68. The Bertz CT molecular complexity index is 1300.